The molecule has 3 rings (SSSR count). The van der Waals surface area contributed by atoms with E-state index in [4.69, 9.17) is 23.7 Å². The van der Waals surface area contributed by atoms with Crippen molar-refractivity contribution in [1.29, 1.82) is 0 Å². The highest BCUT2D eigenvalue weighted by Crippen LogP contribution is 2.35. The number of hydrogen-bond donors (Lipinski definition) is 2. The van der Waals surface area contributed by atoms with Crippen molar-refractivity contribution >= 4 is 11.8 Å². The van der Waals surface area contributed by atoms with Crippen LogP contribution in [0.5, 0.6) is 28.7 Å². The van der Waals surface area contributed by atoms with Crippen LogP contribution in [0.2, 0.25) is 0 Å². The molecule has 0 aliphatic heterocycles. The van der Waals surface area contributed by atoms with Gasteiger partial charge in [0.25, 0.3) is 0 Å². The molecule has 0 radical (unpaired) electrons. The fourth-order valence-corrected chi connectivity index (χ4v) is 5.21. The van der Waals surface area contributed by atoms with Gasteiger partial charge in [0.05, 0.1) is 35.5 Å². The summed E-state index contributed by atoms with van der Waals surface area (Å²) in [6, 6.07) is 17.7. The number of amides is 2. The number of methoxy groups -OCH3 is 5. The molecule has 0 saturated carbocycles. The molecule has 2 amide bonds. The maximum absolute atomic E-state index is 12.5. The second-order valence-electron chi connectivity index (χ2n) is 10.3. The third-order valence-electron chi connectivity index (χ3n) is 7.52. The molecule has 0 saturated heterocycles. The van der Waals surface area contributed by atoms with Crippen molar-refractivity contribution in [3.8, 4) is 28.7 Å². The standard InChI is InChI=1S/C35H46N2O7/c1-40-28-12-8-10-25(24-28)16-18-29-26(17-19-31(42-3)35(29)44-5)20-22-36-32(38)14-6-7-15-33(39)37-23-21-27-11-9-13-30(41-2)34(27)43-4/h8-13,17,19,24H,6-7,14-16,18,20-23H2,1-5H3,(H,36,38)(H,37,39). The van der Waals surface area contributed by atoms with Crippen LogP contribution >= 0.6 is 0 Å². The molecular weight excluding hydrogens is 560 g/mol. The monoisotopic (exact) mass is 606 g/mol. The van der Waals surface area contributed by atoms with Crippen LogP contribution in [0.1, 0.15) is 47.9 Å². The highest BCUT2D eigenvalue weighted by Gasteiger charge is 2.16. The van der Waals surface area contributed by atoms with Crippen molar-refractivity contribution < 1.29 is 33.3 Å². The summed E-state index contributed by atoms with van der Waals surface area (Å²) in [6.07, 6.45) is 4.91. The molecule has 0 heterocycles. The Morgan fingerprint density at radius 3 is 1.82 bits per heavy atom. The van der Waals surface area contributed by atoms with E-state index >= 15 is 0 Å². The first-order valence-corrected chi connectivity index (χ1v) is 15.0. The van der Waals surface area contributed by atoms with Gasteiger partial charge in [0.15, 0.2) is 23.0 Å². The molecule has 0 aromatic heterocycles. The fraction of sp³-hybridized carbons (Fsp3) is 0.429. The number of ether oxygens (including phenoxy) is 5. The molecule has 9 nitrogen and oxygen atoms in total. The molecule has 3 aromatic carbocycles. The van der Waals surface area contributed by atoms with Crippen molar-refractivity contribution in [3.63, 3.8) is 0 Å². The van der Waals surface area contributed by atoms with Crippen LogP contribution < -0.4 is 34.3 Å². The summed E-state index contributed by atoms with van der Waals surface area (Å²) in [5.74, 6) is 3.55. The molecule has 0 bridgehead atoms. The average molecular weight is 607 g/mol. The maximum Gasteiger partial charge on any atom is 0.220 e. The summed E-state index contributed by atoms with van der Waals surface area (Å²) in [6.45, 7) is 1.01. The van der Waals surface area contributed by atoms with Crippen LogP contribution in [0.3, 0.4) is 0 Å². The first-order chi connectivity index (χ1) is 21.4. The highest BCUT2D eigenvalue weighted by molar-refractivity contribution is 5.77. The summed E-state index contributed by atoms with van der Waals surface area (Å²) in [5, 5.41) is 5.97. The van der Waals surface area contributed by atoms with Gasteiger partial charge in [-0.3, -0.25) is 9.59 Å². The number of carbonyl (C=O) groups is 2. The van der Waals surface area contributed by atoms with Crippen LogP contribution in [0.15, 0.2) is 54.6 Å². The Kier molecular flexibility index (Phi) is 14.2. The maximum atomic E-state index is 12.5. The minimum absolute atomic E-state index is 0.0195. The zero-order chi connectivity index (χ0) is 31.7. The van der Waals surface area contributed by atoms with Gasteiger partial charge in [-0.2, -0.15) is 0 Å². The lowest BCUT2D eigenvalue weighted by Crippen LogP contribution is -2.26. The van der Waals surface area contributed by atoms with Crippen molar-refractivity contribution in [2.24, 2.45) is 0 Å². The van der Waals surface area contributed by atoms with Gasteiger partial charge < -0.3 is 34.3 Å². The van der Waals surface area contributed by atoms with E-state index in [1.165, 1.54) is 5.56 Å². The first kappa shape index (κ1) is 34.1. The third kappa shape index (κ3) is 10.1. The second-order valence-corrected chi connectivity index (χ2v) is 10.3. The third-order valence-corrected chi connectivity index (χ3v) is 7.52. The topological polar surface area (TPSA) is 104 Å². The average Bonchev–Trinajstić information content (AvgIpc) is 3.05. The van der Waals surface area contributed by atoms with E-state index in [1.54, 1.807) is 35.5 Å². The molecule has 9 heteroatoms. The van der Waals surface area contributed by atoms with E-state index in [0.717, 1.165) is 41.0 Å². The number of benzene rings is 3. The quantitative estimate of drug-likeness (QED) is 0.183. The molecule has 0 spiro atoms. The Morgan fingerprint density at radius 1 is 0.591 bits per heavy atom. The predicted molar refractivity (Wildman–Crippen MR) is 171 cm³/mol. The van der Waals surface area contributed by atoms with E-state index in [-0.39, 0.29) is 11.8 Å². The van der Waals surface area contributed by atoms with Gasteiger partial charge in [0.2, 0.25) is 11.8 Å². The van der Waals surface area contributed by atoms with Crippen LogP contribution in [0, 0.1) is 0 Å². The van der Waals surface area contributed by atoms with E-state index in [1.807, 2.05) is 48.5 Å². The van der Waals surface area contributed by atoms with Crippen molar-refractivity contribution in [1.82, 2.24) is 10.6 Å². The summed E-state index contributed by atoms with van der Waals surface area (Å²) in [5.41, 5.74) is 4.31. The van der Waals surface area contributed by atoms with Crippen molar-refractivity contribution in [2.75, 3.05) is 48.6 Å². The molecule has 238 valence electrons. The van der Waals surface area contributed by atoms with Crippen LogP contribution in [0.4, 0.5) is 0 Å². The molecule has 0 aliphatic rings. The van der Waals surface area contributed by atoms with E-state index in [2.05, 4.69) is 16.7 Å². The van der Waals surface area contributed by atoms with Gasteiger partial charge >= 0.3 is 0 Å². The normalized spacial score (nSPS) is 10.6. The van der Waals surface area contributed by atoms with Gasteiger partial charge in [-0.05, 0) is 79.5 Å². The van der Waals surface area contributed by atoms with Gasteiger partial charge in [-0.25, -0.2) is 0 Å². The number of nitrogens with one attached hydrogen (secondary N) is 2. The number of rotatable bonds is 19. The molecule has 0 aliphatic carbocycles. The molecule has 0 atom stereocenters. The zero-order valence-electron chi connectivity index (χ0n) is 26.6. The van der Waals surface area contributed by atoms with Crippen molar-refractivity contribution in [3.05, 3.63) is 76.9 Å². The van der Waals surface area contributed by atoms with E-state index < -0.39 is 0 Å². The number of aryl methyl sites for hydroxylation is 1. The summed E-state index contributed by atoms with van der Waals surface area (Å²) < 4.78 is 27.4. The first-order valence-electron chi connectivity index (χ1n) is 15.0. The van der Waals surface area contributed by atoms with Gasteiger partial charge in [-0.1, -0.05) is 30.3 Å². The molecular formula is C35H46N2O7. The van der Waals surface area contributed by atoms with Gasteiger partial charge in [0.1, 0.15) is 5.75 Å². The molecule has 44 heavy (non-hydrogen) atoms. The second kappa shape index (κ2) is 18.3. The van der Waals surface area contributed by atoms with Crippen LogP contribution in [-0.2, 0) is 35.3 Å². The smallest absolute Gasteiger partial charge is 0.220 e. The van der Waals surface area contributed by atoms with E-state index in [0.29, 0.717) is 68.9 Å². The zero-order valence-corrected chi connectivity index (χ0v) is 26.6. The molecule has 3 aromatic rings. The Hall–Kier alpha value is -4.40. The number of carbonyl (C=O) groups excluding carboxylic acids is 2. The summed E-state index contributed by atoms with van der Waals surface area (Å²) in [7, 11) is 8.15. The Bertz CT molecular complexity index is 1360. The number of unbranched alkanes of at least 4 members (excludes halogenated alkanes) is 1. The fourth-order valence-electron chi connectivity index (χ4n) is 5.21. The number of hydrogen-bond acceptors (Lipinski definition) is 7. The van der Waals surface area contributed by atoms with Crippen molar-refractivity contribution in [2.45, 2.75) is 51.4 Å². The van der Waals surface area contributed by atoms with Gasteiger partial charge in [0, 0.05) is 31.5 Å². The SMILES string of the molecule is COc1cccc(CCc2c(CCNC(=O)CCCCC(=O)NCCc3cccc(OC)c3OC)ccc(OC)c2OC)c1. The molecule has 0 fully saturated rings. The molecule has 0 unspecified atom stereocenters. The lowest BCUT2D eigenvalue weighted by atomic mass is 9.96. The summed E-state index contributed by atoms with van der Waals surface area (Å²) >= 11 is 0. The minimum atomic E-state index is -0.0257. The molecule has 2 N–H and O–H groups in total. The Balaban J connectivity index is 1.41. The Labute approximate surface area is 261 Å². The lowest BCUT2D eigenvalue weighted by molar-refractivity contribution is -0.123. The number of para-hydroxylation sites is 1. The van der Waals surface area contributed by atoms with Gasteiger partial charge in [-0.15, -0.1) is 0 Å². The predicted octanol–water partition coefficient (Wildman–Crippen LogP) is 5.09. The highest BCUT2D eigenvalue weighted by atomic mass is 16.5. The van der Waals surface area contributed by atoms with Crippen LogP contribution in [-0.4, -0.2) is 60.5 Å². The minimum Gasteiger partial charge on any atom is -0.497 e. The Morgan fingerprint density at radius 2 is 1.20 bits per heavy atom. The lowest BCUT2D eigenvalue weighted by Gasteiger charge is -2.17. The largest absolute Gasteiger partial charge is 0.497 e. The van der Waals surface area contributed by atoms with Crippen LogP contribution in [0.25, 0.3) is 0 Å². The van der Waals surface area contributed by atoms with E-state index in [9.17, 15) is 9.59 Å². The summed E-state index contributed by atoms with van der Waals surface area (Å²) in [4.78, 5) is 24.8.